The first-order chi connectivity index (χ1) is 9.23. The van der Waals surface area contributed by atoms with Crippen LogP contribution >= 0.6 is 0 Å². The lowest BCUT2D eigenvalue weighted by Crippen LogP contribution is -2.46. The van der Waals surface area contributed by atoms with Crippen molar-refractivity contribution in [1.29, 1.82) is 0 Å². The van der Waals surface area contributed by atoms with Crippen LogP contribution in [0.25, 0.3) is 0 Å². The average molecular weight is 288 g/mol. The number of amides is 1. The highest BCUT2D eigenvalue weighted by Crippen LogP contribution is 2.35. The van der Waals surface area contributed by atoms with Crippen LogP contribution in [0.1, 0.15) is 29.3 Å². The highest BCUT2D eigenvalue weighted by Gasteiger charge is 2.36. The quantitative estimate of drug-likeness (QED) is 0.820. The van der Waals surface area contributed by atoms with Gasteiger partial charge in [-0.2, -0.15) is 13.2 Å². The Morgan fingerprint density at radius 2 is 2.15 bits per heavy atom. The zero-order chi connectivity index (χ0) is 15.0. The molecule has 3 N–H and O–H groups in total. The second kappa shape index (κ2) is 4.97. The van der Waals surface area contributed by atoms with Gasteiger partial charge < -0.3 is 15.8 Å². The van der Waals surface area contributed by atoms with E-state index in [0.29, 0.717) is 19.6 Å². The molecule has 1 saturated heterocycles. The van der Waals surface area contributed by atoms with E-state index in [1.807, 2.05) is 0 Å². The summed E-state index contributed by atoms with van der Waals surface area (Å²) in [4.78, 5) is 12.1. The number of nitrogens with one attached hydrogen (secondary N) is 1. The van der Waals surface area contributed by atoms with E-state index in [-0.39, 0.29) is 5.56 Å². The Morgan fingerprint density at radius 3 is 2.70 bits per heavy atom. The molecule has 1 heterocycles. The van der Waals surface area contributed by atoms with Crippen molar-refractivity contribution in [2.75, 3.05) is 18.9 Å². The highest BCUT2D eigenvalue weighted by atomic mass is 19.4. The predicted octanol–water partition coefficient (Wildman–Crippen LogP) is 2.20. The summed E-state index contributed by atoms with van der Waals surface area (Å²) in [5.74, 6) is -0.624. The summed E-state index contributed by atoms with van der Waals surface area (Å²) in [6.45, 7) is 2.62. The molecule has 0 aliphatic carbocycles. The van der Waals surface area contributed by atoms with Gasteiger partial charge in [-0.25, -0.2) is 0 Å². The molecular formula is C13H15F3N2O2. The second-order valence-corrected chi connectivity index (χ2v) is 5.08. The van der Waals surface area contributed by atoms with Crippen molar-refractivity contribution in [3.8, 4) is 0 Å². The number of nitrogen functional groups attached to an aromatic ring is 1. The van der Waals surface area contributed by atoms with Crippen molar-refractivity contribution in [3.63, 3.8) is 0 Å². The third-order valence-electron chi connectivity index (χ3n) is 3.29. The molecule has 4 nitrogen and oxygen atoms in total. The fraction of sp³-hybridized carbons (Fsp3) is 0.462. The van der Waals surface area contributed by atoms with Crippen LogP contribution in [0.2, 0.25) is 0 Å². The standard InChI is InChI=1S/C13H15F3N2O2/c1-12(5-6-20-7-12)18-11(19)8-3-2-4-9(10(8)17)13(14,15)16/h2-4H,5-7,17H2,1H3,(H,18,19). The summed E-state index contributed by atoms with van der Waals surface area (Å²) in [7, 11) is 0. The molecule has 1 unspecified atom stereocenters. The van der Waals surface area contributed by atoms with Crippen LogP contribution in [0.5, 0.6) is 0 Å². The van der Waals surface area contributed by atoms with Crippen molar-refractivity contribution < 1.29 is 22.7 Å². The molecular weight excluding hydrogens is 273 g/mol. The van der Waals surface area contributed by atoms with Gasteiger partial charge in [-0.15, -0.1) is 0 Å². The fourth-order valence-corrected chi connectivity index (χ4v) is 2.12. The van der Waals surface area contributed by atoms with Gasteiger partial charge in [-0.3, -0.25) is 4.79 Å². The number of ether oxygens (including phenoxy) is 1. The zero-order valence-corrected chi connectivity index (χ0v) is 10.9. The first kappa shape index (κ1) is 14.6. The monoisotopic (exact) mass is 288 g/mol. The molecule has 0 bridgehead atoms. The maximum Gasteiger partial charge on any atom is 0.418 e. The molecule has 1 fully saturated rings. The fourth-order valence-electron chi connectivity index (χ4n) is 2.12. The molecule has 2 rings (SSSR count). The number of carbonyl (C=O) groups is 1. The number of anilines is 1. The van der Waals surface area contributed by atoms with Crippen LogP contribution in [-0.4, -0.2) is 24.7 Å². The average Bonchev–Trinajstić information content (AvgIpc) is 2.74. The molecule has 1 aliphatic rings. The zero-order valence-electron chi connectivity index (χ0n) is 10.9. The summed E-state index contributed by atoms with van der Waals surface area (Å²) in [6, 6.07) is 3.30. The van der Waals surface area contributed by atoms with Crippen LogP contribution in [0.4, 0.5) is 18.9 Å². The topological polar surface area (TPSA) is 64.4 Å². The maximum atomic E-state index is 12.7. The van der Waals surface area contributed by atoms with E-state index in [4.69, 9.17) is 10.5 Å². The van der Waals surface area contributed by atoms with Gasteiger partial charge in [0.25, 0.3) is 5.91 Å². The number of hydrogen-bond donors (Lipinski definition) is 2. The molecule has 20 heavy (non-hydrogen) atoms. The lowest BCUT2D eigenvalue weighted by Gasteiger charge is -2.24. The van der Waals surface area contributed by atoms with Gasteiger partial charge in [0, 0.05) is 6.61 Å². The Hall–Kier alpha value is -1.76. The molecule has 1 aromatic rings. The lowest BCUT2D eigenvalue weighted by molar-refractivity contribution is -0.136. The SMILES string of the molecule is CC1(NC(=O)c2cccc(C(F)(F)F)c2N)CCOC1. The van der Waals surface area contributed by atoms with E-state index in [9.17, 15) is 18.0 Å². The summed E-state index contributed by atoms with van der Waals surface area (Å²) < 4.78 is 43.4. The highest BCUT2D eigenvalue weighted by molar-refractivity contribution is 6.00. The number of hydrogen-bond acceptors (Lipinski definition) is 3. The summed E-state index contributed by atoms with van der Waals surface area (Å²) in [5, 5.41) is 2.68. The van der Waals surface area contributed by atoms with E-state index >= 15 is 0 Å². The number of para-hydroxylation sites is 1. The Bertz CT molecular complexity index is 523. The summed E-state index contributed by atoms with van der Waals surface area (Å²) >= 11 is 0. The number of alkyl halides is 3. The Kier molecular flexibility index (Phi) is 3.64. The first-order valence-electron chi connectivity index (χ1n) is 6.09. The molecule has 0 aromatic heterocycles. The predicted molar refractivity (Wildman–Crippen MR) is 67.2 cm³/mol. The lowest BCUT2D eigenvalue weighted by atomic mass is 10.00. The Balaban J connectivity index is 2.27. The Morgan fingerprint density at radius 1 is 1.45 bits per heavy atom. The van der Waals surface area contributed by atoms with Crippen LogP contribution < -0.4 is 11.1 Å². The summed E-state index contributed by atoms with van der Waals surface area (Å²) in [6.07, 6.45) is -3.97. The smallest absolute Gasteiger partial charge is 0.398 e. The molecule has 110 valence electrons. The third-order valence-corrected chi connectivity index (χ3v) is 3.29. The molecule has 1 amide bonds. The van der Waals surface area contributed by atoms with Crippen molar-refractivity contribution in [3.05, 3.63) is 29.3 Å². The van der Waals surface area contributed by atoms with Crippen molar-refractivity contribution >= 4 is 11.6 Å². The second-order valence-electron chi connectivity index (χ2n) is 5.08. The van der Waals surface area contributed by atoms with E-state index in [0.717, 1.165) is 6.07 Å². The van der Waals surface area contributed by atoms with E-state index in [1.54, 1.807) is 6.92 Å². The normalized spacial score (nSPS) is 22.8. The minimum Gasteiger partial charge on any atom is -0.398 e. The van der Waals surface area contributed by atoms with E-state index in [2.05, 4.69) is 5.32 Å². The minimum atomic E-state index is -4.58. The van der Waals surface area contributed by atoms with Gasteiger partial charge in [-0.1, -0.05) is 6.07 Å². The molecule has 1 aliphatic heterocycles. The van der Waals surface area contributed by atoms with Crippen LogP contribution in [0.15, 0.2) is 18.2 Å². The number of nitrogens with two attached hydrogens (primary N) is 1. The number of benzene rings is 1. The van der Waals surface area contributed by atoms with Crippen LogP contribution in [-0.2, 0) is 10.9 Å². The minimum absolute atomic E-state index is 0.173. The van der Waals surface area contributed by atoms with E-state index in [1.165, 1.54) is 12.1 Å². The largest absolute Gasteiger partial charge is 0.418 e. The molecule has 0 radical (unpaired) electrons. The van der Waals surface area contributed by atoms with Gasteiger partial charge in [0.15, 0.2) is 0 Å². The van der Waals surface area contributed by atoms with Crippen molar-refractivity contribution in [1.82, 2.24) is 5.32 Å². The van der Waals surface area contributed by atoms with Gasteiger partial charge >= 0.3 is 6.18 Å². The molecule has 0 spiro atoms. The summed E-state index contributed by atoms with van der Waals surface area (Å²) in [5.41, 5.74) is 3.17. The van der Waals surface area contributed by atoms with Crippen molar-refractivity contribution in [2.24, 2.45) is 0 Å². The molecule has 1 atom stereocenters. The first-order valence-corrected chi connectivity index (χ1v) is 6.09. The van der Waals surface area contributed by atoms with Gasteiger partial charge in [0.05, 0.1) is 29.0 Å². The van der Waals surface area contributed by atoms with E-state index < -0.39 is 28.9 Å². The van der Waals surface area contributed by atoms with Crippen LogP contribution in [0, 0.1) is 0 Å². The number of rotatable bonds is 2. The Labute approximate surface area is 114 Å². The molecule has 7 heteroatoms. The number of carbonyl (C=O) groups excluding carboxylic acids is 1. The third kappa shape index (κ3) is 2.87. The van der Waals surface area contributed by atoms with Gasteiger partial charge in [0.2, 0.25) is 0 Å². The maximum absolute atomic E-state index is 12.7. The van der Waals surface area contributed by atoms with Crippen molar-refractivity contribution in [2.45, 2.75) is 25.1 Å². The molecule has 0 saturated carbocycles. The van der Waals surface area contributed by atoms with Crippen LogP contribution in [0.3, 0.4) is 0 Å². The molecule has 1 aromatic carbocycles. The number of halogens is 3. The van der Waals surface area contributed by atoms with Gasteiger partial charge in [0.1, 0.15) is 0 Å². The van der Waals surface area contributed by atoms with Gasteiger partial charge in [-0.05, 0) is 25.5 Å².